The zero-order valence-electron chi connectivity index (χ0n) is 5.98. The minimum Gasteiger partial charge on any atom is -0.391 e. The van der Waals surface area contributed by atoms with E-state index in [0.29, 0.717) is 6.42 Å². The predicted octanol–water partition coefficient (Wildman–Crippen LogP) is 2.16. The van der Waals surface area contributed by atoms with Crippen LogP contribution in [-0.2, 0) is 0 Å². The highest BCUT2D eigenvalue weighted by atomic mass is 35.5. The Balaban J connectivity index is 3.61. The molecule has 0 aliphatic heterocycles. The first-order valence-electron chi connectivity index (χ1n) is 3.10. The molecule has 0 unspecified atom stereocenters. The van der Waals surface area contributed by atoms with Crippen molar-refractivity contribution >= 4 is 23.2 Å². The number of aliphatic hydroxyl groups excluding tert-OH is 1. The summed E-state index contributed by atoms with van der Waals surface area (Å²) in [6.45, 7) is 5.50. The fourth-order valence-corrected chi connectivity index (χ4v) is 0.882. The van der Waals surface area contributed by atoms with Crippen LogP contribution in [0.15, 0.2) is 12.2 Å². The molecule has 60 valence electrons. The van der Waals surface area contributed by atoms with Crippen molar-refractivity contribution in [2.45, 2.75) is 24.8 Å². The van der Waals surface area contributed by atoms with Gasteiger partial charge in [0.1, 0.15) is 0 Å². The first-order chi connectivity index (χ1) is 4.57. The van der Waals surface area contributed by atoms with Crippen LogP contribution in [0.3, 0.4) is 0 Å². The van der Waals surface area contributed by atoms with Gasteiger partial charge in [-0.05, 0) is 13.3 Å². The molecule has 0 heterocycles. The van der Waals surface area contributed by atoms with Crippen LogP contribution in [0.25, 0.3) is 0 Å². The highest BCUT2D eigenvalue weighted by molar-refractivity contribution is 6.28. The summed E-state index contributed by atoms with van der Waals surface area (Å²) >= 11 is 11.0. The Morgan fingerprint density at radius 2 is 2.20 bits per heavy atom. The summed E-state index contributed by atoms with van der Waals surface area (Å²) in [6, 6.07) is 0. The van der Waals surface area contributed by atoms with Crippen LogP contribution in [0, 0.1) is 0 Å². The zero-order valence-corrected chi connectivity index (χ0v) is 7.49. The molecule has 0 fully saturated rings. The van der Waals surface area contributed by atoms with E-state index in [1.165, 1.54) is 0 Å². The summed E-state index contributed by atoms with van der Waals surface area (Å²) in [6.07, 6.45) is -0.0300. The van der Waals surface area contributed by atoms with E-state index in [4.69, 9.17) is 23.2 Å². The highest BCUT2D eigenvalue weighted by Crippen LogP contribution is 2.12. The molecule has 0 spiro atoms. The number of halogens is 2. The van der Waals surface area contributed by atoms with Crippen molar-refractivity contribution in [2.75, 3.05) is 5.88 Å². The lowest BCUT2D eigenvalue weighted by atomic mass is 10.1. The smallest absolute Gasteiger partial charge is 0.0752 e. The third kappa shape index (κ3) is 4.15. The number of aliphatic hydroxyl groups is 1. The average molecular weight is 183 g/mol. The molecule has 0 aromatic rings. The Hall–Kier alpha value is 0.280. The van der Waals surface area contributed by atoms with Crippen LogP contribution in [-0.4, -0.2) is 22.5 Å². The van der Waals surface area contributed by atoms with E-state index in [1.807, 2.05) is 6.92 Å². The Labute approximate surface area is 71.6 Å². The van der Waals surface area contributed by atoms with E-state index in [0.717, 1.165) is 5.57 Å². The van der Waals surface area contributed by atoms with E-state index in [2.05, 4.69) is 6.58 Å². The van der Waals surface area contributed by atoms with Gasteiger partial charge in [-0.3, -0.25) is 0 Å². The summed E-state index contributed by atoms with van der Waals surface area (Å²) in [5.41, 5.74) is 0.920. The van der Waals surface area contributed by atoms with Crippen LogP contribution in [0.1, 0.15) is 13.3 Å². The fraction of sp³-hybridized carbons (Fsp3) is 0.714. The van der Waals surface area contributed by atoms with Crippen molar-refractivity contribution in [2.24, 2.45) is 0 Å². The van der Waals surface area contributed by atoms with Gasteiger partial charge >= 0.3 is 0 Å². The molecule has 0 amide bonds. The summed E-state index contributed by atoms with van der Waals surface area (Å²) in [5.74, 6) is 0.274. The minimum atomic E-state index is -0.559. The molecule has 1 N–H and O–H groups in total. The number of hydrogen-bond acceptors (Lipinski definition) is 1. The van der Waals surface area contributed by atoms with Gasteiger partial charge in [0, 0.05) is 5.88 Å². The molecule has 0 rings (SSSR count). The van der Waals surface area contributed by atoms with Crippen molar-refractivity contribution in [1.82, 2.24) is 0 Å². The third-order valence-electron chi connectivity index (χ3n) is 1.12. The number of rotatable bonds is 4. The first kappa shape index (κ1) is 10.3. The van der Waals surface area contributed by atoms with Crippen molar-refractivity contribution < 1.29 is 5.11 Å². The largest absolute Gasteiger partial charge is 0.391 e. The zero-order chi connectivity index (χ0) is 8.15. The molecule has 0 radical (unpaired) electrons. The standard InChI is InChI=1S/C7H12Cl2O/c1-5(2)3-7(10)6(9)4-8/h6-7,10H,1,3-4H2,2H3/t6-,7+/m0/s1. The molecule has 0 saturated carbocycles. The SMILES string of the molecule is C=C(C)C[C@@H](O)[C@@H](Cl)CCl. The van der Waals surface area contributed by atoms with E-state index >= 15 is 0 Å². The van der Waals surface area contributed by atoms with Crippen molar-refractivity contribution in [3.05, 3.63) is 12.2 Å². The lowest BCUT2D eigenvalue weighted by Crippen LogP contribution is -2.22. The molecule has 0 aromatic carbocycles. The normalized spacial score (nSPS) is 16.4. The maximum Gasteiger partial charge on any atom is 0.0752 e. The summed E-state index contributed by atoms with van der Waals surface area (Å²) in [4.78, 5) is 0. The number of hydrogen-bond donors (Lipinski definition) is 1. The molecule has 3 heteroatoms. The lowest BCUT2D eigenvalue weighted by molar-refractivity contribution is 0.175. The lowest BCUT2D eigenvalue weighted by Gasteiger charge is -2.13. The maximum absolute atomic E-state index is 9.21. The molecule has 0 bridgehead atoms. The molecule has 1 nitrogen and oxygen atoms in total. The van der Waals surface area contributed by atoms with Gasteiger partial charge in [-0.1, -0.05) is 5.57 Å². The molecule has 0 aliphatic carbocycles. The van der Waals surface area contributed by atoms with Gasteiger partial charge in [-0.15, -0.1) is 29.8 Å². The van der Waals surface area contributed by atoms with Gasteiger partial charge < -0.3 is 5.11 Å². The first-order valence-corrected chi connectivity index (χ1v) is 4.07. The van der Waals surface area contributed by atoms with Crippen molar-refractivity contribution in [3.63, 3.8) is 0 Å². The summed E-state index contributed by atoms with van der Waals surface area (Å²) in [7, 11) is 0. The van der Waals surface area contributed by atoms with Crippen molar-refractivity contribution in [1.29, 1.82) is 0 Å². The van der Waals surface area contributed by atoms with E-state index in [1.54, 1.807) is 0 Å². The van der Waals surface area contributed by atoms with Gasteiger partial charge in [0.2, 0.25) is 0 Å². The monoisotopic (exact) mass is 182 g/mol. The van der Waals surface area contributed by atoms with Crippen LogP contribution in [0.2, 0.25) is 0 Å². The second-order valence-corrected chi connectivity index (χ2v) is 3.27. The van der Waals surface area contributed by atoms with Crippen LogP contribution >= 0.6 is 23.2 Å². The van der Waals surface area contributed by atoms with Gasteiger partial charge in [0.25, 0.3) is 0 Å². The van der Waals surface area contributed by atoms with Gasteiger partial charge in [0.05, 0.1) is 11.5 Å². The van der Waals surface area contributed by atoms with Crippen LogP contribution in [0.5, 0.6) is 0 Å². The van der Waals surface area contributed by atoms with Crippen molar-refractivity contribution in [3.8, 4) is 0 Å². The molecule has 0 aliphatic rings. The Morgan fingerprint density at radius 1 is 1.70 bits per heavy atom. The van der Waals surface area contributed by atoms with Gasteiger partial charge in [-0.2, -0.15) is 0 Å². The van der Waals surface area contributed by atoms with Crippen LogP contribution in [0.4, 0.5) is 0 Å². The Bertz CT molecular complexity index is 114. The van der Waals surface area contributed by atoms with Crippen LogP contribution < -0.4 is 0 Å². The molecule has 0 saturated heterocycles. The topological polar surface area (TPSA) is 20.2 Å². The summed E-state index contributed by atoms with van der Waals surface area (Å²) < 4.78 is 0. The second kappa shape index (κ2) is 5.00. The molecular weight excluding hydrogens is 171 g/mol. The molecule has 0 aromatic heterocycles. The maximum atomic E-state index is 9.21. The quantitative estimate of drug-likeness (QED) is 0.523. The van der Waals surface area contributed by atoms with Gasteiger partial charge in [-0.25, -0.2) is 0 Å². The second-order valence-electron chi connectivity index (χ2n) is 2.40. The average Bonchev–Trinajstić information content (AvgIpc) is 1.85. The van der Waals surface area contributed by atoms with Gasteiger partial charge in [0.15, 0.2) is 0 Å². The Morgan fingerprint density at radius 3 is 2.50 bits per heavy atom. The molecule has 10 heavy (non-hydrogen) atoms. The fourth-order valence-electron chi connectivity index (χ4n) is 0.588. The molecule has 2 atom stereocenters. The third-order valence-corrected chi connectivity index (χ3v) is 2.06. The minimum absolute atomic E-state index is 0.274. The van der Waals surface area contributed by atoms with E-state index in [9.17, 15) is 5.11 Å². The van der Waals surface area contributed by atoms with E-state index in [-0.39, 0.29) is 11.3 Å². The Kier molecular flexibility index (Phi) is 5.14. The van der Waals surface area contributed by atoms with E-state index < -0.39 is 6.10 Å². The summed E-state index contributed by atoms with van der Waals surface area (Å²) in [5, 5.41) is 8.85. The number of alkyl halides is 2. The highest BCUT2D eigenvalue weighted by Gasteiger charge is 2.14. The predicted molar refractivity (Wildman–Crippen MR) is 45.8 cm³/mol. The molecular formula is C7H12Cl2O.